The number of aromatic nitrogens is 2. The highest BCUT2D eigenvalue weighted by Crippen LogP contribution is 2.40. The summed E-state index contributed by atoms with van der Waals surface area (Å²) in [6, 6.07) is 55.9. The molecule has 0 unspecified atom stereocenters. The number of fused-ring (bicyclic) bond motifs is 6. The molecule has 50 heavy (non-hydrogen) atoms. The fourth-order valence-electron chi connectivity index (χ4n) is 7.37. The first kappa shape index (κ1) is 28.8. The van der Waals surface area contributed by atoms with Crippen LogP contribution >= 0.6 is 0 Å². The number of hydrogen-bond acceptors (Lipinski definition) is 2. The van der Waals surface area contributed by atoms with Gasteiger partial charge in [-0.2, -0.15) is 10.5 Å². The Morgan fingerprint density at radius 1 is 0.480 bits per heavy atom. The van der Waals surface area contributed by atoms with Gasteiger partial charge in [0.15, 0.2) is 0 Å². The highest BCUT2D eigenvalue weighted by Gasteiger charge is 2.19. The average molecular weight is 636 g/mol. The van der Waals surface area contributed by atoms with Gasteiger partial charge in [0, 0.05) is 38.5 Å². The van der Waals surface area contributed by atoms with Crippen LogP contribution in [0.25, 0.3) is 82.1 Å². The van der Waals surface area contributed by atoms with Gasteiger partial charge in [-0.3, -0.25) is 0 Å². The van der Waals surface area contributed by atoms with Crippen molar-refractivity contribution in [2.45, 2.75) is 0 Å². The fourth-order valence-corrected chi connectivity index (χ4v) is 7.37. The molecule has 9 rings (SSSR count). The van der Waals surface area contributed by atoms with Crippen molar-refractivity contribution in [2.75, 3.05) is 0 Å². The second-order valence-corrected chi connectivity index (χ2v) is 12.3. The van der Waals surface area contributed by atoms with E-state index in [1.165, 1.54) is 0 Å². The number of hydrogen-bond donors (Lipinski definition) is 0. The van der Waals surface area contributed by atoms with Gasteiger partial charge in [-0.25, -0.2) is 4.85 Å². The monoisotopic (exact) mass is 635 g/mol. The summed E-state index contributed by atoms with van der Waals surface area (Å²) in [6.45, 7) is 7.91. The Bertz CT molecular complexity index is 2920. The molecule has 9 aromatic rings. The maximum absolute atomic E-state index is 10.1. The molecule has 5 nitrogen and oxygen atoms in total. The van der Waals surface area contributed by atoms with E-state index in [0.717, 1.165) is 77.2 Å². The Labute approximate surface area is 288 Å². The number of para-hydroxylation sites is 3. The van der Waals surface area contributed by atoms with Gasteiger partial charge < -0.3 is 9.13 Å². The summed E-state index contributed by atoms with van der Waals surface area (Å²) in [5.74, 6) is 0. The van der Waals surface area contributed by atoms with Crippen molar-refractivity contribution in [2.24, 2.45) is 0 Å². The maximum Gasteiger partial charge on any atom is 0.206 e. The first-order valence-corrected chi connectivity index (χ1v) is 16.3. The molecule has 0 N–H and O–H groups in total. The summed E-state index contributed by atoms with van der Waals surface area (Å²) in [4.78, 5) is 3.75. The van der Waals surface area contributed by atoms with Crippen molar-refractivity contribution in [1.82, 2.24) is 9.13 Å². The number of nitrogens with zero attached hydrogens (tertiary/aromatic N) is 5. The zero-order chi connectivity index (χ0) is 33.8. The van der Waals surface area contributed by atoms with Crippen LogP contribution in [0.3, 0.4) is 0 Å². The van der Waals surface area contributed by atoms with Crippen LogP contribution < -0.4 is 0 Å². The van der Waals surface area contributed by atoms with E-state index in [4.69, 9.17) is 6.57 Å². The van der Waals surface area contributed by atoms with Crippen LogP contribution in [0.5, 0.6) is 0 Å². The van der Waals surface area contributed by atoms with Crippen LogP contribution in [0.2, 0.25) is 0 Å². The Balaban J connectivity index is 1.24. The summed E-state index contributed by atoms with van der Waals surface area (Å²) < 4.78 is 4.46. The van der Waals surface area contributed by atoms with Crippen molar-refractivity contribution in [3.05, 3.63) is 174 Å². The van der Waals surface area contributed by atoms with Gasteiger partial charge in [0.1, 0.15) is 0 Å². The zero-order valence-electron chi connectivity index (χ0n) is 26.7. The van der Waals surface area contributed by atoms with Gasteiger partial charge >= 0.3 is 0 Å². The lowest BCUT2D eigenvalue weighted by Gasteiger charge is -2.17. The van der Waals surface area contributed by atoms with E-state index < -0.39 is 0 Å². The molecular weight excluding hydrogens is 611 g/mol. The van der Waals surface area contributed by atoms with Gasteiger partial charge in [0.25, 0.3) is 0 Å². The second kappa shape index (κ2) is 11.4. The van der Waals surface area contributed by atoms with E-state index in [9.17, 15) is 10.5 Å². The summed E-state index contributed by atoms with van der Waals surface area (Å²) in [7, 11) is 0. The third-order valence-electron chi connectivity index (χ3n) is 9.59. The second-order valence-electron chi connectivity index (χ2n) is 12.3. The molecule has 7 aromatic carbocycles. The van der Waals surface area contributed by atoms with Crippen LogP contribution in [0.1, 0.15) is 11.1 Å². The van der Waals surface area contributed by atoms with Crippen molar-refractivity contribution in [3.8, 4) is 45.8 Å². The van der Waals surface area contributed by atoms with E-state index in [2.05, 4.69) is 105 Å². The molecule has 2 heterocycles. The Kier molecular flexibility index (Phi) is 6.56. The minimum Gasteiger partial charge on any atom is -0.310 e. The molecule has 2 aromatic heterocycles. The number of benzene rings is 7. The first-order valence-electron chi connectivity index (χ1n) is 16.3. The Morgan fingerprint density at radius 3 is 1.72 bits per heavy atom. The molecule has 230 valence electrons. The summed E-state index contributed by atoms with van der Waals surface area (Å²) >= 11 is 0. The van der Waals surface area contributed by atoms with Crippen molar-refractivity contribution in [1.29, 1.82) is 10.5 Å². The van der Waals surface area contributed by atoms with E-state index in [1.807, 2.05) is 72.8 Å². The molecule has 0 aliphatic carbocycles. The van der Waals surface area contributed by atoms with Crippen LogP contribution in [-0.2, 0) is 0 Å². The third kappa shape index (κ3) is 4.38. The first-order chi connectivity index (χ1) is 24.7. The minimum absolute atomic E-state index is 0.324. The van der Waals surface area contributed by atoms with Gasteiger partial charge in [0.05, 0.1) is 51.9 Å². The smallest absolute Gasteiger partial charge is 0.206 e. The molecule has 0 atom stereocenters. The molecule has 0 fully saturated rings. The largest absolute Gasteiger partial charge is 0.310 e. The van der Waals surface area contributed by atoms with Crippen molar-refractivity contribution < 1.29 is 0 Å². The molecule has 0 aliphatic rings. The Morgan fingerprint density at radius 2 is 1.06 bits per heavy atom. The lowest BCUT2D eigenvalue weighted by molar-refractivity contribution is 1.18. The van der Waals surface area contributed by atoms with Crippen LogP contribution in [0.4, 0.5) is 5.69 Å². The maximum atomic E-state index is 10.1. The number of rotatable bonds is 4. The predicted molar refractivity (Wildman–Crippen MR) is 202 cm³/mol. The molecule has 0 bridgehead atoms. The van der Waals surface area contributed by atoms with Crippen LogP contribution in [-0.4, -0.2) is 9.13 Å². The molecular formula is C45H25N5. The molecule has 0 saturated heterocycles. The normalized spacial score (nSPS) is 11.1. The van der Waals surface area contributed by atoms with E-state index in [-0.39, 0.29) is 0 Å². The van der Waals surface area contributed by atoms with Gasteiger partial charge in [0.2, 0.25) is 5.69 Å². The lowest BCUT2D eigenvalue weighted by atomic mass is 9.95. The summed E-state index contributed by atoms with van der Waals surface area (Å²) in [6.07, 6.45) is 0. The SMILES string of the molecule is [C-]#[N+]c1cc(-n2c3ccccc3c3ccccc32)c(-c2cccc(-c3cccc(-n4c5ccccc5c5cc(C#N)ccc54)c3)c2)cc1C#N. The van der Waals surface area contributed by atoms with Gasteiger partial charge in [-0.05, 0) is 83.4 Å². The fraction of sp³-hybridized carbons (Fsp3) is 0. The van der Waals surface area contributed by atoms with Crippen LogP contribution in [0.15, 0.2) is 152 Å². The molecule has 0 radical (unpaired) electrons. The number of nitriles is 2. The third-order valence-corrected chi connectivity index (χ3v) is 9.59. The van der Waals surface area contributed by atoms with E-state index in [0.29, 0.717) is 16.8 Å². The molecule has 0 spiro atoms. The van der Waals surface area contributed by atoms with Crippen molar-refractivity contribution >= 4 is 49.3 Å². The minimum atomic E-state index is 0.324. The predicted octanol–water partition coefficient (Wildman–Crippen LogP) is 11.5. The molecule has 0 aliphatic heterocycles. The highest BCUT2D eigenvalue weighted by molar-refractivity contribution is 6.11. The van der Waals surface area contributed by atoms with E-state index in [1.54, 1.807) is 0 Å². The van der Waals surface area contributed by atoms with Gasteiger partial charge in [-0.1, -0.05) is 84.9 Å². The molecule has 5 heteroatoms. The zero-order valence-corrected chi connectivity index (χ0v) is 26.7. The molecule has 0 saturated carbocycles. The average Bonchev–Trinajstić information content (AvgIpc) is 3.70. The Hall–Kier alpha value is -7.39. The molecule has 0 amide bonds. The van der Waals surface area contributed by atoms with Crippen molar-refractivity contribution in [3.63, 3.8) is 0 Å². The summed E-state index contributed by atoms with van der Waals surface area (Å²) in [5, 5.41) is 24.1. The topological polar surface area (TPSA) is 61.8 Å². The van der Waals surface area contributed by atoms with Crippen LogP contribution in [0, 0.1) is 29.2 Å². The quantitative estimate of drug-likeness (QED) is 0.181. The highest BCUT2D eigenvalue weighted by atomic mass is 15.0. The summed E-state index contributed by atoms with van der Waals surface area (Å²) in [5.41, 5.74) is 11.2. The van der Waals surface area contributed by atoms with E-state index >= 15 is 0 Å². The lowest BCUT2D eigenvalue weighted by Crippen LogP contribution is -1.98. The standard InChI is InChI=1S/C45H25N5/c1-48-40-26-45(50-42-18-6-2-14-35(42)36-15-3-7-19-43(36)50)38(25-33(40)28-47)32-12-8-10-30(23-32)31-11-9-13-34(24-31)49-41-17-5-4-16-37(41)39-22-29(27-46)20-21-44(39)49/h2-26H. The van der Waals surface area contributed by atoms with Gasteiger partial charge in [-0.15, -0.1) is 0 Å².